The molecule has 0 aliphatic rings. The van der Waals surface area contributed by atoms with Gasteiger partial charge in [-0.3, -0.25) is 9.20 Å². The number of fused-ring (bicyclic) bond motifs is 1. The molecular weight excluding hydrogens is 326 g/mol. The summed E-state index contributed by atoms with van der Waals surface area (Å²) in [7, 11) is 0. The van der Waals surface area contributed by atoms with E-state index in [1.807, 2.05) is 0 Å². The van der Waals surface area contributed by atoms with Gasteiger partial charge < -0.3 is 15.5 Å². The van der Waals surface area contributed by atoms with Crippen LogP contribution in [0.15, 0.2) is 42.6 Å². The smallest absolute Gasteiger partial charge is 0.335 e. The second kappa shape index (κ2) is 6.08. The van der Waals surface area contributed by atoms with Crippen LogP contribution >= 0.6 is 0 Å². The van der Waals surface area contributed by atoms with E-state index in [-0.39, 0.29) is 22.5 Å². The maximum Gasteiger partial charge on any atom is 0.335 e. The normalized spacial score (nSPS) is 10.6. The molecule has 0 saturated heterocycles. The summed E-state index contributed by atoms with van der Waals surface area (Å²) in [6.45, 7) is 1.68. The van der Waals surface area contributed by atoms with Crippen LogP contribution in [0.3, 0.4) is 0 Å². The van der Waals surface area contributed by atoms with Crippen molar-refractivity contribution in [3.63, 3.8) is 0 Å². The molecular formula is C17H13N3O5. The van der Waals surface area contributed by atoms with Gasteiger partial charge in [0, 0.05) is 11.9 Å². The minimum atomic E-state index is -1.29. The molecule has 0 unspecified atom stereocenters. The molecule has 25 heavy (non-hydrogen) atoms. The van der Waals surface area contributed by atoms with Crippen LogP contribution in [-0.2, 0) is 0 Å². The number of aromatic nitrogens is 2. The Kier molecular flexibility index (Phi) is 3.94. The monoisotopic (exact) mass is 339 g/mol. The fourth-order valence-corrected chi connectivity index (χ4v) is 2.52. The van der Waals surface area contributed by atoms with Crippen LogP contribution in [0.2, 0.25) is 0 Å². The Balaban J connectivity index is 2.01. The van der Waals surface area contributed by atoms with Crippen molar-refractivity contribution >= 4 is 29.2 Å². The number of amides is 1. The standard InChI is InChI=1S/C17H13N3O5/c1-9-14(20-5-3-2-4-13(20)18-9)15(21)19-12-7-10(16(22)23)6-11(8-12)17(24)25/h2-8H,1H3,(H,19,21)(H,22,23)(H,24,25). The number of carboxylic acids is 2. The Labute approximate surface area is 141 Å². The van der Waals surface area contributed by atoms with Crippen molar-refractivity contribution < 1.29 is 24.6 Å². The van der Waals surface area contributed by atoms with Gasteiger partial charge in [-0.25, -0.2) is 14.6 Å². The first-order valence-electron chi connectivity index (χ1n) is 7.23. The molecule has 0 spiro atoms. The molecule has 2 heterocycles. The predicted octanol–water partition coefficient (Wildman–Crippen LogP) is 2.29. The molecule has 0 aliphatic heterocycles. The summed E-state index contributed by atoms with van der Waals surface area (Å²) in [4.78, 5) is 39.2. The van der Waals surface area contributed by atoms with Crippen molar-refractivity contribution in [2.45, 2.75) is 6.92 Å². The van der Waals surface area contributed by atoms with Gasteiger partial charge in [0.05, 0.1) is 16.8 Å². The van der Waals surface area contributed by atoms with Crippen LogP contribution in [0.1, 0.15) is 36.9 Å². The summed E-state index contributed by atoms with van der Waals surface area (Å²) in [5.74, 6) is -3.09. The number of rotatable bonds is 4. The van der Waals surface area contributed by atoms with Gasteiger partial charge in [-0.15, -0.1) is 0 Å². The van der Waals surface area contributed by atoms with Crippen molar-refractivity contribution in [2.24, 2.45) is 0 Å². The number of aryl methyl sites for hydroxylation is 1. The maximum absolute atomic E-state index is 12.6. The predicted molar refractivity (Wildman–Crippen MR) is 88.2 cm³/mol. The van der Waals surface area contributed by atoms with E-state index in [1.165, 1.54) is 12.1 Å². The van der Waals surface area contributed by atoms with Crippen LogP contribution in [-0.4, -0.2) is 37.4 Å². The molecule has 0 bridgehead atoms. The molecule has 0 fully saturated rings. The molecule has 0 atom stereocenters. The average Bonchev–Trinajstić information content (AvgIpc) is 2.90. The lowest BCUT2D eigenvalue weighted by Crippen LogP contribution is -2.16. The SMILES string of the molecule is Cc1nc2ccccn2c1C(=O)Nc1cc(C(=O)O)cc(C(=O)O)c1. The molecule has 3 rings (SSSR count). The number of benzene rings is 1. The zero-order valence-electron chi connectivity index (χ0n) is 13.1. The van der Waals surface area contributed by atoms with Crippen LogP contribution in [0.25, 0.3) is 5.65 Å². The van der Waals surface area contributed by atoms with E-state index in [2.05, 4.69) is 10.3 Å². The van der Waals surface area contributed by atoms with E-state index < -0.39 is 17.8 Å². The molecule has 0 radical (unpaired) electrons. The molecule has 0 aliphatic carbocycles. The lowest BCUT2D eigenvalue weighted by molar-refractivity contribution is 0.0696. The topological polar surface area (TPSA) is 121 Å². The third-order valence-electron chi connectivity index (χ3n) is 3.60. The number of nitrogens with zero attached hydrogens (tertiary/aromatic N) is 2. The number of hydrogen-bond donors (Lipinski definition) is 3. The first kappa shape index (κ1) is 16.2. The van der Waals surface area contributed by atoms with Crippen molar-refractivity contribution in [1.82, 2.24) is 9.38 Å². The van der Waals surface area contributed by atoms with E-state index in [0.717, 1.165) is 6.07 Å². The summed E-state index contributed by atoms with van der Waals surface area (Å²) in [5.41, 5.74) is 0.989. The highest BCUT2D eigenvalue weighted by Gasteiger charge is 2.18. The highest BCUT2D eigenvalue weighted by Crippen LogP contribution is 2.18. The summed E-state index contributed by atoms with van der Waals surface area (Å²) in [6, 6.07) is 8.71. The van der Waals surface area contributed by atoms with Crippen LogP contribution in [0, 0.1) is 6.92 Å². The van der Waals surface area contributed by atoms with Gasteiger partial charge >= 0.3 is 11.9 Å². The van der Waals surface area contributed by atoms with E-state index in [4.69, 9.17) is 10.2 Å². The summed E-state index contributed by atoms with van der Waals surface area (Å²) >= 11 is 0. The molecule has 2 aromatic heterocycles. The molecule has 8 nitrogen and oxygen atoms in total. The Morgan fingerprint density at radius 1 is 1.04 bits per heavy atom. The lowest BCUT2D eigenvalue weighted by Gasteiger charge is -2.08. The molecule has 126 valence electrons. The fourth-order valence-electron chi connectivity index (χ4n) is 2.52. The molecule has 3 N–H and O–H groups in total. The molecule has 1 amide bonds. The second-order valence-electron chi connectivity index (χ2n) is 5.34. The second-order valence-corrected chi connectivity index (χ2v) is 5.34. The van der Waals surface area contributed by atoms with Gasteiger partial charge in [0.2, 0.25) is 0 Å². The quantitative estimate of drug-likeness (QED) is 0.670. The summed E-state index contributed by atoms with van der Waals surface area (Å²) < 4.78 is 1.60. The van der Waals surface area contributed by atoms with Gasteiger partial charge in [0.25, 0.3) is 5.91 Å². The summed E-state index contributed by atoms with van der Waals surface area (Å²) in [5, 5.41) is 20.7. The van der Waals surface area contributed by atoms with Crippen LogP contribution < -0.4 is 5.32 Å². The van der Waals surface area contributed by atoms with Crippen molar-refractivity contribution in [3.05, 3.63) is 65.1 Å². The van der Waals surface area contributed by atoms with E-state index >= 15 is 0 Å². The van der Waals surface area contributed by atoms with Crippen LogP contribution in [0.5, 0.6) is 0 Å². The number of hydrogen-bond acceptors (Lipinski definition) is 4. The lowest BCUT2D eigenvalue weighted by atomic mass is 10.1. The average molecular weight is 339 g/mol. The number of imidazole rings is 1. The first-order chi connectivity index (χ1) is 11.9. The minimum Gasteiger partial charge on any atom is -0.478 e. The third-order valence-corrected chi connectivity index (χ3v) is 3.60. The van der Waals surface area contributed by atoms with Crippen LogP contribution in [0.4, 0.5) is 5.69 Å². The number of anilines is 1. The fraction of sp³-hybridized carbons (Fsp3) is 0.0588. The minimum absolute atomic E-state index is 0.0765. The van der Waals surface area contributed by atoms with Gasteiger partial charge in [-0.1, -0.05) is 6.07 Å². The van der Waals surface area contributed by atoms with E-state index in [9.17, 15) is 14.4 Å². The molecule has 1 aromatic carbocycles. The van der Waals surface area contributed by atoms with E-state index in [0.29, 0.717) is 11.3 Å². The number of aromatic carboxylic acids is 2. The van der Waals surface area contributed by atoms with Crippen molar-refractivity contribution in [1.29, 1.82) is 0 Å². The number of pyridine rings is 1. The molecule has 0 saturated carbocycles. The summed E-state index contributed by atoms with van der Waals surface area (Å²) in [6.07, 6.45) is 1.68. The van der Waals surface area contributed by atoms with Gasteiger partial charge in [0.1, 0.15) is 11.3 Å². The largest absolute Gasteiger partial charge is 0.478 e. The maximum atomic E-state index is 12.6. The molecule has 8 heteroatoms. The number of carboxylic acid groups (broad SMARTS) is 2. The van der Waals surface area contributed by atoms with Crippen molar-refractivity contribution in [3.8, 4) is 0 Å². The Morgan fingerprint density at radius 3 is 2.28 bits per heavy atom. The number of carbonyl (C=O) groups excluding carboxylic acids is 1. The van der Waals surface area contributed by atoms with Gasteiger partial charge in [0.15, 0.2) is 0 Å². The van der Waals surface area contributed by atoms with Gasteiger partial charge in [-0.05, 0) is 37.3 Å². The van der Waals surface area contributed by atoms with Crippen molar-refractivity contribution in [2.75, 3.05) is 5.32 Å². The Hall–Kier alpha value is -3.68. The Bertz CT molecular complexity index is 990. The highest BCUT2D eigenvalue weighted by atomic mass is 16.4. The number of nitrogens with one attached hydrogen (secondary N) is 1. The van der Waals surface area contributed by atoms with Gasteiger partial charge in [-0.2, -0.15) is 0 Å². The number of carbonyl (C=O) groups is 3. The Morgan fingerprint density at radius 2 is 1.68 bits per heavy atom. The van der Waals surface area contributed by atoms with E-state index in [1.54, 1.807) is 35.7 Å². The zero-order chi connectivity index (χ0) is 18.1. The first-order valence-corrected chi connectivity index (χ1v) is 7.23. The zero-order valence-corrected chi connectivity index (χ0v) is 13.1. The molecule has 3 aromatic rings. The highest BCUT2D eigenvalue weighted by molar-refractivity contribution is 6.06. The third kappa shape index (κ3) is 3.05.